The lowest BCUT2D eigenvalue weighted by molar-refractivity contribution is 0.0665. The maximum Gasteiger partial charge on any atom is 0.335 e. The van der Waals surface area contributed by atoms with Crippen molar-refractivity contribution in [1.82, 2.24) is 25.3 Å². The number of carboxylic acid groups (broad SMARTS) is 1. The molecule has 2 aromatic heterocycles. The fourth-order valence-corrected chi connectivity index (χ4v) is 8.16. The predicted molar refractivity (Wildman–Crippen MR) is 214 cm³/mol. The van der Waals surface area contributed by atoms with Crippen LogP contribution in [-0.4, -0.2) is 91.6 Å². The van der Waals surface area contributed by atoms with Crippen LogP contribution in [-0.2, 0) is 32.5 Å². The Labute approximate surface area is 329 Å². The molecule has 0 amide bonds. The van der Waals surface area contributed by atoms with Gasteiger partial charge in [-0.1, -0.05) is 45.0 Å². The van der Waals surface area contributed by atoms with E-state index in [9.17, 15) is 18.3 Å². The standard InChI is InChI=1S/C41H53N7O7S/c1-27-8-6-9-30(20-29-12-16-53-17-13-29)36(27)37-28(2)38(46-40(45-37)47-56(51,52)34-11-7-10-31(21-34)39(49)50)55-26-32(22-41(3,4)5)42-25-35-43-23-33(24-44-35)48-14-18-54-19-15-48/h6-11,21,23-24,29,32,42H,12-20,22,25-26H2,1-5H3,(H,49,50)(H,45,46,47)/t32-/m1/s1. The van der Waals surface area contributed by atoms with E-state index in [0.717, 1.165) is 80.4 Å². The topological polar surface area (TPSA) is 178 Å². The number of anilines is 2. The number of sulfonamides is 1. The van der Waals surface area contributed by atoms with Gasteiger partial charge in [0.2, 0.25) is 11.8 Å². The van der Waals surface area contributed by atoms with Crippen molar-refractivity contribution in [2.24, 2.45) is 11.3 Å². The average Bonchev–Trinajstić information content (AvgIpc) is 3.17. The molecule has 2 fully saturated rings. The predicted octanol–water partition coefficient (Wildman–Crippen LogP) is 5.83. The van der Waals surface area contributed by atoms with Gasteiger partial charge in [-0.25, -0.2) is 32.9 Å². The SMILES string of the molecule is Cc1cccc(CC2CCOCC2)c1-c1nc(NS(=O)(=O)c2cccc(C(=O)O)c2)nc(OC[C@@H](CC(C)(C)C)NCc2ncc(N3CCOCC3)cn2)c1C. The number of hydrogen-bond acceptors (Lipinski definition) is 12. The van der Waals surface area contributed by atoms with Crippen LogP contribution in [0.3, 0.4) is 0 Å². The summed E-state index contributed by atoms with van der Waals surface area (Å²) in [7, 11) is -4.29. The van der Waals surface area contributed by atoms with E-state index in [4.69, 9.17) is 19.2 Å². The highest BCUT2D eigenvalue weighted by atomic mass is 32.2. The second kappa shape index (κ2) is 18.0. The lowest BCUT2D eigenvalue weighted by atomic mass is 9.87. The number of nitrogens with zero attached hydrogens (tertiary/aromatic N) is 5. The summed E-state index contributed by atoms with van der Waals surface area (Å²) in [6, 6.07) is 11.2. The maximum absolute atomic E-state index is 13.7. The molecule has 300 valence electrons. The minimum atomic E-state index is -4.29. The summed E-state index contributed by atoms with van der Waals surface area (Å²) in [6.45, 7) is 15.4. The zero-order valence-corrected chi connectivity index (χ0v) is 33.7. The van der Waals surface area contributed by atoms with Crippen LogP contribution in [0.4, 0.5) is 11.6 Å². The van der Waals surface area contributed by atoms with Crippen LogP contribution in [0.25, 0.3) is 11.3 Å². The highest BCUT2D eigenvalue weighted by Crippen LogP contribution is 2.36. The fourth-order valence-electron chi connectivity index (χ4n) is 7.17. The minimum absolute atomic E-state index is 0.0561. The molecule has 2 aliphatic rings. The van der Waals surface area contributed by atoms with E-state index in [1.807, 2.05) is 38.4 Å². The molecule has 0 aliphatic carbocycles. The Morgan fingerprint density at radius 3 is 2.39 bits per heavy atom. The molecule has 0 saturated carbocycles. The van der Waals surface area contributed by atoms with Crippen LogP contribution >= 0.6 is 0 Å². The molecule has 1 atom stereocenters. The van der Waals surface area contributed by atoms with Crippen molar-refractivity contribution in [3.63, 3.8) is 0 Å². The van der Waals surface area contributed by atoms with Crippen molar-refractivity contribution in [2.45, 2.75) is 77.8 Å². The number of aromatic nitrogens is 4. The number of rotatable bonds is 15. The normalized spacial score (nSPS) is 16.1. The summed E-state index contributed by atoms with van der Waals surface area (Å²) < 4.78 is 47.6. The van der Waals surface area contributed by atoms with Gasteiger partial charge in [0.25, 0.3) is 10.0 Å². The Balaban J connectivity index is 1.30. The zero-order valence-electron chi connectivity index (χ0n) is 32.9. The van der Waals surface area contributed by atoms with Gasteiger partial charge in [-0.3, -0.25) is 0 Å². The Kier molecular flexibility index (Phi) is 13.2. The van der Waals surface area contributed by atoms with E-state index >= 15 is 0 Å². The molecule has 0 unspecified atom stereocenters. The number of ether oxygens (including phenoxy) is 3. The van der Waals surface area contributed by atoms with Crippen LogP contribution in [0.1, 0.15) is 72.9 Å². The molecule has 3 N–H and O–H groups in total. The Bertz CT molecular complexity index is 2080. The van der Waals surface area contributed by atoms with Crippen molar-refractivity contribution >= 4 is 27.6 Å². The lowest BCUT2D eigenvalue weighted by Crippen LogP contribution is -2.38. The van der Waals surface area contributed by atoms with Crippen molar-refractivity contribution in [1.29, 1.82) is 0 Å². The van der Waals surface area contributed by atoms with Gasteiger partial charge in [0, 0.05) is 43.5 Å². The summed E-state index contributed by atoms with van der Waals surface area (Å²) >= 11 is 0. The number of aryl methyl sites for hydroxylation is 1. The zero-order chi connectivity index (χ0) is 39.9. The number of carbonyl (C=O) groups is 1. The molecule has 0 spiro atoms. The van der Waals surface area contributed by atoms with Crippen LogP contribution in [0.5, 0.6) is 5.88 Å². The first-order valence-electron chi connectivity index (χ1n) is 19.2. The van der Waals surface area contributed by atoms with E-state index in [1.54, 1.807) is 0 Å². The van der Waals surface area contributed by atoms with Gasteiger partial charge in [-0.15, -0.1) is 0 Å². The first-order valence-corrected chi connectivity index (χ1v) is 20.7. The number of nitrogens with one attached hydrogen (secondary N) is 2. The molecule has 14 nitrogen and oxygen atoms in total. The average molecular weight is 788 g/mol. The highest BCUT2D eigenvalue weighted by Gasteiger charge is 2.26. The molecular formula is C41H53N7O7S. The number of benzene rings is 2. The second-order valence-corrected chi connectivity index (χ2v) is 17.4. The van der Waals surface area contributed by atoms with Gasteiger partial charge in [0.15, 0.2) is 0 Å². The van der Waals surface area contributed by atoms with Gasteiger partial charge in [0.05, 0.1) is 54.0 Å². The van der Waals surface area contributed by atoms with Crippen LogP contribution < -0.4 is 19.7 Å². The molecular weight excluding hydrogens is 735 g/mol. The van der Waals surface area contributed by atoms with Gasteiger partial charge in [-0.05, 0) is 80.2 Å². The van der Waals surface area contributed by atoms with Crippen molar-refractivity contribution in [3.05, 3.63) is 82.9 Å². The molecule has 2 aliphatic heterocycles. The van der Waals surface area contributed by atoms with Crippen LogP contribution in [0.2, 0.25) is 0 Å². The van der Waals surface area contributed by atoms with Crippen molar-refractivity contribution < 1.29 is 32.5 Å². The first-order chi connectivity index (χ1) is 26.8. The molecule has 4 aromatic rings. The van der Waals surface area contributed by atoms with Gasteiger partial charge < -0.3 is 29.5 Å². The van der Waals surface area contributed by atoms with Crippen molar-refractivity contribution in [2.75, 3.05) is 55.7 Å². The summed E-state index contributed by atoms with van der Waals surface area (Å²) in [5, 5.41) is 13.1. The van der Waals surface area contributed by atoms with Gasteiger partial charge in [0.1, 0.15) is 12.4 Å². The summed E-state index contributed by atoms with van der Waals surface area (Å²) in [5.41, 5.74) is 4.96. The molecule has 6 rings (SSSR count). The molecule has 0 bridgehead atoms. The third kappa shape index (κ3) is 10.8. The summed E-state index contributed by atoms with van der Waals surface area (Å²) in [5.74, 6) is -0.0971. The first kappa shape index (κ1) is 40.9. The Morgan fingerprint density at radius 1 is 1.00 bits per heavy atom. The number of hydrogen-bond donors (Lipinski definition) is 3. The van der Waals surface area contributed by atoms with E-state index < -0.39 is 16.0 Å². The van der Waals surface area contributed by atoms with E-state index in [2.05, 4.69) is 56.7 Å². The van der Waals surface area contributed by atoms with Gasteiger partial charge >= 0.3 is 5.97 Å². The quantitative estimate of drug-likeness (QED) is 0.131. The molecule has 2 saturated heterocycles. The van der Waals surface area contributed by atoms with E-state index in [1.165, 1.54) is 18.2 Å². The molecule has 0 radical (unpaired) electrons. The fraction of sp³-hybridized carbons (Fsp3) is 0.488. The third-order valence-corrected chi connectivity index (χ3v) is 11.4. The van der Waals surface area contributed by atoms with Crippen LogP contribution in [0, 0.1) is 25.2 Å². The Hall–Kier alpha value is -4.70. The van der Waals surface area contributed by atoms with E-state index in [-0.39, 0.29) is 40.4 Å². The lowest BCUT2D eigenvalue weighted by Gasteiger charge is -2.28. The largest absolute Gasteiger partial charge is 0.478 e. The third-order valence-electron chi connectivity index (χ3n) is 10.1. The molecule has 4 heterocycles. The molecule has 56 heavy (non-hydrogen) atoms. The number of carboxylic acids is 1. The highest BCUT2D eigenvalue weighted by molar-refractivity contribution is 7.92. The van der Waals surface area contributed by atoms with E-state index in [0.29, 0.717) is 42.8 Å². The summed E-state index contributed by atoms with van der Waals surface area (Å²) in [6.07, 6.45) is 7.17. The maximum atomic E-state index is 13.7. The Morgan fingerprint density at radius 2 is 1.70 bits per heavy atom. The van der Waals surface area contributed by atoms with Gasteiger partial charge in [-0.2, -0.15) is 4.98 Å². The monoisotopic (exact) mass is 787 g/mol. The number of morpholine rings is 1. The second-order valence-electron chi connectivity index (χ2n) is 15.7. The smallest absolute Gasteiger partial charge is 0.335 e. The van der Waals surface area contributed by atoms with Crippen molar-refractivity contribution in [3.8, 4) is 17.1 Å². The van der Waals surface area contributed by atoms with Crippen LogP contribution in [0.15, 0.2) is 59.8 Å². The minimum Gasteiger partial charge on any atom is -0.478 e. The molecule has 15 heteroatoms. The number of aromatic carboxylic acids is 1. The summed E-state index contributed by atoms with van der Waals surface area (Å²) in [4.78, 5) is 32.3. The molecule has 2 aromatic carbocycles.